The largest absolute Gasteiger partial charge is 0.392 e. The molecule has 0 aliphatic carbocycles. The molecule has 4 nitrogen and oxygen atoms in total. The van der Waals surface area contributed by atoms with Crippen molar-refractivity contribution in [2.24, 2.45) is 11.8 Å². The van der Waals surface area contributed by atoms with E-state index in [0.29, 0.717) is 41.8 Å². The Morgan fingerprint density at radius 3 is 2.57 bits per heavy atom. The van der Waals surface area contributed by atoms with Crippen LogP contribution >= 0.6 is 0 Å². The van der Waals surface area contributed by atoms with Gasteiger partial charge in [0.2, 0.25) is 10.0 Å². The highest BCUT2D eigenvalue weighted by molar-refractivity contribution is 7.89. The number of aliphatic hydroxyl groups excluding tert-OH is 1. The van der Waals surface area contributed by atoms with Gasteiger partial charge in [-0.05, 0) is 41.9 Å². The van der Waals surface area contributed by atoms with Crippen LogP contribution in [0.5, 0.6) is 0 Å². The summed E-state index contributed by atoms with van der Waals surface area (Å²) in [6.45, 7) is 7.26. The van der Waals surface area contributed by atoms with Crippen LogP contribution in [0.1, 0.15) is 38.3 Å². The topological polar surface area (TPSA) is 57.6 Å². The predicted octanol–water partition coefficient (Wildman–Crippen LogP) is 2.41. The second kappa shape index (κ2) is 6.46. The van der Waals surface area contributed by atoms with Gasteiger partial charge in [-0.1, -0.05) is 32.9 Å². The van der Waals surface area contributed by atoms with Crippen LogP contribution in [0.25, 0.3) is 0 Å². The zero-order valence-electron chi connectivity index (χ0n) is 13.0. The van der Waals surface area contributed by atoms with Gasteiger partial charge in [-0.2, -0.15) is 4.31 Å². The van der Waals surface area contributed by atoms with Gasteiger partial charge in [-0.25, -0.2) is 8.42 Å². The summed E-state index contributed by atoms with van der Waals surface area (Å²) in [5.41, 5.74) is 1.46. The van der Waals surface area contributed by atoms with E-state index in [-0.39, 0.29) is 6.61 Å². The summed E-state index contributed by atoms with van der Waals surface area (Å²) < 4.78 is 27.5. The zero-order chi connectivity index (χ0) is 15.6. The van der Waals surface area contributed by atoms with Crippen molar-refractivity contribution in [3.05, 3.63) is 29.3 Å². The summed E-state index contributed by atoms with van der Waals surface area (Å²) in [5, 5.41) is 9.27. The Balaban J connectivity index is 2.39. The Hall–Kier alpha value is -0.910. The van der Waals surface area contributed by atoms with E-state index in [0.717, 1.165) is 12.0 Å². The van der Waals surface area contributed by atoms with Gasteiger partial charge >= 0.3 is 0 Å². The molecule has 2 rings (SSSR count). The number of hydrogen-bond acceptors (Lipinski definition) is 3. The van der Waals surface area contributed by atoms with E-state index in [9.17, 15) is 13.5 Å². The molecule has 0 radical (unpaired) electrons. The molecular weight excluding hydrogens is 286 g/mol. The molecule has 0 amide bonds. The lowest BCUT2D eigenvalue weighted by Gasteiger charge is -2.34. The third-order valence-corrected chi connectivity index (χ3v) is 6.56. The van der Waals surface area contributed by atoms with Crippen molar-refractivity contribution in [2.75, 3.05) is 13.1 Å². The van der Waals surface area contributed by atoms with Gasteiger partial charge in [-0.15, -0.1) is 0 Å². The minimum atomic E-state index is -3.47. The minimum absolute atomic E-state index is 0.139. The van der Waals surface area contributed by atoms with Crippen LogP contribution < -0.4 is 0 Å². The molecule has 1 aromatic carbocycles. The Morgan fingerprint density at radius 1 is 1.29 bits per heavy atom. The fourth-order valence-electron chi connectivity index (χ4n) is 2.81. The van der Waals surface area contributed by atoms with Gasteiger partial charge < -0.3 is 5.11 Å². The van der Waals surface area contributed by atoms with E-state index in [4.69, 9.17) is 0 Å². The molecule has 0 saturated carbocycles. The first-order chi connectivity index (χ1) is 9.90. The maximum Gasteiger partial charge on any atom is 0.243 e. The molecule has 1 aliphatic rings. The van der Waals surface area contributed by atoms with Gasteiger partial charge in [0, 0.05) is 13.1 Å². The molecule has 1 fully saturated rings. The van der Waals surface area contributed by atoms with Gasteiger partial charge in [-0.3, -0.25) is 0 Å². The molecule has 2 atom stereocenters. The lowest BCUT2D eigenvalue weighted by Crippen LogP contribution is -2.42. The van der Waals surface area contributed by atoms with Gasteiger partial charge in [0.05, 0.1) is 11.5 Å². The molecule has 118 valence electrons. The first-order valence-corrected chi connectivity index (χ1v) is 9.07. The fourth-order valence-corrected chi connectivity index (χ4v) is 4.71. The molecule has 1 aliphatic heterocycles. The molecule has 21 heavy (non-hydrogen) atoms. The Bertz CT molecular complexity index is 598. The third kappa shape index (κ3) is 3.30. The van der Waals surface area contributed by atoms with E-state index >= 15 is 0 Å². The predicted molar refractivity (Wildman–Crippen MR) is 83.4 cm³/mol. The van der Waals surface area contributed by atoms with E-state index in [1.54, 1.807) is 16.4 Å². The van der Waals surface area contributed by atoms with Crippen LogP contribution in [0, 0.1) is 11.8 Å². The average Bonchev–Trinajstić information content (AvgIpc) is 2.49. The summed E-state index contributed by atoms with van der Waals surface area (Å²) >= 11 is 0. The summed E-state index contributed by atoms with van der Waals surface area (Å²) in [4.78, 5) is 0.360. The monoisotopic (exact) mass is 311 g/mol. The average molecular weight is 311 g/mol. The second-order valence-corrected chi connectivity index (χ2v) is 7.97. The van der Waals surface area contributed by atoms with Gasteiger partial charge in [0.25, 0.3) is 0 Å². The van der Waals surface area contributed by atoms with Crippen LogP contribution in [-0.4, -0.2) is 30.9 Å². The van der Waals surface area contributed by atoms with Crippen LogP contribution in [0.2, 0.25) is 0 Å². The molecule has 0 aromatic heterocycles. The van der Waals surface area contributed by atoms with E-state index in [1.165, 1.54) is 0 Å². The number of aryl methyl sites for hydroxylation is 1. The number of sulfonamides is 1. The molecule has 2 unspecified atom stereocenters. The van der Waals surface area contributed by atoms with Crippen LogP contribution in [0.15, 0.2) is 23.1 Å². The Morgan fingerprint density at radius 2 is 2.00 bits per heavy atom. The summed E-state index contributed by atoms with van der Waals surface area (Å²) in [7, 11) is -3.47. The molecular formula is C16H25NO3S. The van der Waals surface area contributed by atoms with Crippen molar-refractivity contribution in [1.82, 2.24) is 4.31 Å². The van der Waals surface area contributed by atoms with E-state index in [2.05, 4.69) is 13.8 Å². The highest BCUT2D eigenvalue weighted by atomic mass is 32.2. The van der Waals surface area contributed by atoms with Crippen molar-refractivity contribution in [1.29, 1.82) is 0 Å². The minimum Gasteiger partial charge on any atom is -0.392 e. The summed E-state index contributed by atoms with van der Waals surface area (Å²) in [5.74, 6) is 0.936. The summed E-state index contributed by atoms with van der Waals surface area (Å²) in [6.07, 6.45) is 1.57. The zero-order valence-corrected chi connectivity index (χ0v) is 13.9. The smallest absolute Gasteiger partial charge is 0.243 e. The first kappa shape index (κ1) is 16.5. The van der Waals surface area contributed by atoms with Gasteiger partial charge in [0.1, 0.15) is 0 Å². The Labute approximate surface area is 127 Å². The van der Waals surface area contributed by atoms with E-state index < -0.39 is 10.0 Å². The number of hydrogen-bond donors (Lipinski definition) is 1. The van der Waals surface area contributed by atoms with Gasteiger partial charge in [0.15, 0.2) is 0 Å². The molecule has 1 heterocycles. The lowest BCUT2D eigenvalue weighted by molar-refractivity contribution is 0.212. The van der Waals surface area contributed by atoms with Crippen molar-refractivity contribution in [3.8, 4) is 0 Å². The van der Waals surface area contributed by atoms with Crippen molar-refractivity contribution < 1.29 is 13.5 Å². The standard InChI is InChI=1S/C16H25NO3S/c1-4-15-6-5-14(11-18)9-16(15)21(19,20)17-8-7-12(2)13(3)10-17/h5-6,9,12-13,18H,4,7-8,10-11H2,1-3H3. The SMILES string of the molecule is CCc1ccc(CO)cc1S(=O)(=O)N1CCC(C)C(C)C1. The van der Waals surface area contributed by atoms with Crippen molar-refractivity contribution >= 4 is 10.0 Å². The second-order valence-electron chi connectivity index (χ2n) is 6.06. The highest BCUT2D eigenvalue weighted by Crippen LogP contribution is 2.29. The summed E-state index contributed by atoms with van der Waals surface area (Å²) in [6, 6.07) is 5.23. The fraction of sp³-hybridized carbons (Fsp3) is 0.625. The number of nitrogens with zero attached hydrogens (tertiary/aromatic N) is 1. The Kier molecular flexibility index (Phi) is 5.07. The quantitative estimate of drug-likeness (QED) is 0.929. The van der Waals surface area contributed by atoms with Crippen molar-refractivity contribution in [3.63, 3.8) is 0 Å². The van der Waals surface area contributed by atoms with Crippen LogP contribution in [0.3, 0.4) is 0 Å². The highest BCUT2D eigenvalue weighted by Gasteiger charge is 2.32. The molecule has 1 aromatic rings. The molecule has 1 saturated heterocycles. The lowest BCUT2D eigenvalue weighted by atomic mass is 9.90. The van der Waals surface area contributed by atoms with Crippen LogP contribution in [-0.2, 0) is 23.1 Å². The number of piperidine rings is 1. The van der Waals surface area contributed by atoms with Crippen molar-refractivity contribution in [2.45, 2.75) is 45.1 Å². The number of rotatable bonds is 4. The number of benzene rings is 1. The van der Waals surface area contributed by atoms with Crippen LogP contribution in [0.4, 0.5) is 0 Å². The molecule has 5 heteroatoms. The maximum absolute atomic E-state index is 12.9. The maximum atomic E-state index is 12.9. The first-order valence-electron chi connectivity index (χ1n) is 7.63. The molecule has 0 bridgehead atoms. The normalized spacial score (nSPS) is 24.2. The third-order valence-electron chi connectivity index (χ3n) is 4.61. The number of aliphatic hydroxyl groups is 1. The molecule has 0 spiro atoms. The van der Waals surface area contributed by atoms with E-state index in [1.807, 2.05) is 13.0 Å². The molecule has 1 N–H and O–H groups in total.